The zero-order valence-electron chi connectivity index (χ0n) is 6.06. The van der Waals surface area contributed by atoms with Crippen molar-refractivity contribution < 1.29 is 0 Å². The van der Waals surface area contributed by atoms with E-state index in [0.29, 0.717) is 0 Å². The molecule has 0 spiro atoms. The summed E-state index contributed by atoms with van der Waals surface area (Å²) in [6, 6.07) is 5.90. The van der Waals surface area contributed by atoms with Crippen LogP contribution in [-0.2, 0) is 0 Å². The van der Waals surface area contributed by atoms with Crippen molar-refractivity contribution in [3.8, 4) is 0 Å². The van der Waals surface area contributed by atoms with Gasteiger partial charge in [-0.15, -0.1) is 17.5 Å². The van der Waals surface area contributed by atoms with Gasteiger partial charge in [0.1, 0.15) is 0 Å². The van der Waals surface area contributed by atoms with Gasteiger partial charge in [0.15, 0.2) is 0 Å². The average molecular weight is 170 g/mol. The van der Waals surface area contributed by atoms with Crippen LogP contribution in [0.25, 0.3) is 5.52 Å². The molecule has 11 heavy (non-hydrogen) atoms. The summed E-state index contributed by atoms with van der Waals surface area (Å²) in [6.07, 6.45) is 1.88. The number of aromatic nitrogens is 3. The second-order valence-electron chi connectivity index (χ2n) is 2.21. The molecule has 0 aliphatic heterocycles. The Bertz CT molecular complexity index is 355. The lowest BCUT2D eigenvalue weighted by molar-refractivity contribution is 0.849. The molecule has 0 aliphatic rings. The van der Waals surface area contributed by atoms with Gasteiger partial charge in [0.25, 0.3) is 0 Å². The molecular weight excluding hydrogens is 162 g/mol. The highest BCUT2D eigenvalue weighted by molar-refractivity contribution is 5.85. The minimum atomic E-state index is 0. The van der Waals surface area contributed by atoms with E-state index in [1.54, 1.807) is 4.52 Å². The molecule has 3 nitrogen and oxygen atoms in total. The fraction of sp³-hybridized carbons (Fsp3) is 0.143. The summed E-state index contributed by atoms with van der Waals surface area (Å²) in [5.41, 5.74) is 2.04. The number of fused-ring (bicyclic) bond motifs is 1. The fourth-order valence-electron chi connectivity index (χ4n) is 0.965. The third-order valence-corrected chi connectivity index (χ3v) is 1.50. The van der Waals surface area contributed by atoms with Crippen molar-refractivity contribution in [1.29, 1.82) is 0 Å². The van der Waals surface area contributed by atoms with Gasteiger partial charge in [0.05, 0.1) is 11.2 Å². The zero-order chi connectivity index (χ0) is 6.97. The molecular formula is C7H8ClN3. The summed E-state index contributed by atoms with van der Waals surface area (Å²) in [4.78, 5) is 0. The quantitative estimate of drug-likeness (QED) is 0.598. The Morgan fingerprint density at radius 3 is 2.91 bits per heavy atom. The molecule has 2 rings (SSSR count). The Kier molecular flexibility index (Phi) is 2.10. The maximum Gasteiger partial charge on any atom is 0.0894 e. The highest BCUT2D eigenvalue weighted by atomic mass is 35.5. The maximum atomic E-state index is 3.91. The van der Waals surface area contributed by atoms with Crippen molar-refractivity contribution in [2.45, 2.75) is 6.92 Å². The summed E-state index contributed by atoms with van der Waals surface area (Å²) in [6.45, 7) is 1.95. The minimum Gasteiger partial charge on any atom is -0.220 e. The first-order valence-corrected chi connectivity index (χ1v) is 3.14. The Balaban J connectivity index is 0.000000605. The largest absolute Gasteiger partial charge is 0.220 e. The van der Waals surface area contributed by atoms with Crippen LogP contribution in [0.15, 0.2) is 24.4 Å². The Hall–Kier alpha value is -1.09. The lowest BCUT2D eigenvalue weighted by Crippen LogP contribution is -1.83. The van der Waals surface area contributed by atoms with E-state index in [-0.39, 0.29) is 12.4 Å². The predicted octanol–water partition coefficient (Wildman–Crippen LogP) is 1.46. The number of aryl methyl sites for hydroxylation is 1. The molecule has 0 bridgehead atoms. The van der Waals surface area contributed by atoms with E-state index in [2.05, 4.69) is 10.3 Å². The lowest BCUT2D eigenvalue weighted by Gasteiger charge is -1.87. The van der Waals surface area contributed by atoms with Crippen LogP contribution < -0.4 is 0 Å². The van der Waals surface area contributed by atoms with Crippen molar-refractivity contribution in [1.82, 2.24) is 14.8 Å². The number of hydrogen-bond acceptors (Lipinski definition) is 2. The molecule has 0 amide bonds. The fourth-order valence-corrected chi connectivity index (χ4v) is 0.965. The molecule has 4 heteroatoms. The van der Waals surface area contributed by atoms with Crippen molar-refractivity contribution in [3.05, 3.63) is 30.1 Å². The Morgan fingerprint density at radius 1 is 1.36 bits per heavy atom. The van der Waals surface area contributed by atoms with Crippen LogP contribution in [-0.4, -0.2) is 14.8 Å². The van der Waals surface area contributed by atoms with Crippen LogP contribution in [0.5, 0.6) is 0 Å². The van der Waals surface area contributed by atoms with Crippen LogP contribution >= 0.6 is 12.4 Å². The Labute approximate surface area is 70.4 Å². The van der Waals surface area contributed by atoms with Crippen LogP contribution in [0.4, 0.5) is 0 Å². The van der Waals surface area contributed by atoms with Gasteiger partial charge in [0.2, 0.25) is 0 Å². The molecule has 0 aromatic carbocycles. The van der Waals surface area contributed by atoms with E-state index < -0.39 is 0 Å². The zero-order valence-corrected chi connectivity index (χ0v) is 6.88. The van der Waals surface area contributed by atoms with Crippen molar-refractivity contribution in [2.24, 2.45) is 0 Å². The van der Waals surface area contributed by atoms with Crippen molar-refractivity contribution in [3.63, 3.8) is 0 Å². The van der Waals surface area contributed by atoms with Crippen LogP contribution in [0.1, 0.15) is 5.69 Å². The number of hydrogen-bond donors (Lipinski definition) is 0. The van der Waals surface area contributed by atoms with E-state index in [1.807, 2.05) is 31.3 Å². The highest BCUT2D eigenvalue weighted by Gasteiger charge is 1.96. The van der Waals surface area contributed by atoms with Gasteiger partial charge in [-0.25, -0.2) is 4.52 Å². The normalized spacial score (nSPS) is 9.55. The number of halogens is 1. The summed E-state index contributed by atoms with van der Waals surface area (Å²) in [5, 5.41) is 7.79. The highest BCUT2D eigenvalue weighted by Crippen LogP contribution is 2.03. The topological polar surface area (TPSA) is 30.2 Å². The maximum absolute atomic E-state index is 3.91. The smallest absolute Gasteiger partial charge is 0.0894 e. The van der Waals surface area contributed by atoms with Crippen LogP contribution in [0.2, 0.25) is 0 Å². The van der Waals surface area contributed by atoms with Crippen LogP contribution in [0, 0.1) is 6.92 Å². The van der Waals surface area contributed by atoms with E-state index in [4.69, 9.17) is 0 Å². The Morgan fingerprint density at radius 2 is 2.18 bits per heavy atom. The molecule has 0 radical (unpaired) electrons. The van der Waals surface area contributed by atoms with Gasteiger partial charge in [-0.1, -0.05) is 11.3 Å². The number of nitrogens with zero attached hydrogens (tertiary/aromatic N) is 3. The molecule has 2 heterocycles. The molecule has 0 atom stereocenters. The molecule has 2 aromatic rings. The first-order valence-electron chi connectivity index (χ1n) is 3.14. The lowest BCUT2D eigenvalue weighted by atomic mass is 10.3. The summed E-state index contributed by atoms with van der Waals surface area (Å²) in [7, 11) is 0. The van der Waals surface area contributed by atoms with Gasteiger partial charge in [0, 0.05) is 6.20 Å². The van der Waals surface area contributed by atoms with E-state index in [0.717, 1.165) is 11.2 Å². The van der Waals surface area contributed by atoms with Gasteiger partial charge in [-0.05, 0) is 19.1 Å². The second kappa shape index (κ2) is 2.88. The van der Waals surface area contributed by atoms with Gasteiger partial charge < -0.3 is 0 Å². The van der Waals surface area contributed by atoms with Crippen LogP contribution in [0.3, 0.4) is 0 Å². The van der Waals surface area contributed by atoms with E-state index in [9.17, 15) is 0 Å². The second-order valence-corrected chi connectivity index (χ2v) is 2.21. The summed E-state index contributed by atoms with van der Waals surface area (Å²) in [5.74, 6) is 0. The SMILES string of the molecule is Cc1nnn2ccccc12.Cl. The molecule has 0 aliphatic carbocycles. The average Bonchev–Trinajstić information content (AvgIpc) is 2.34. The molecule has 2 aromatic heterocycles. The molecule has 0 N–H and O–H groups in total. The minimum absolute atomic E-state index is 0. The van der Waals surface area contributed by atoms with Gasteiger partial charge in [-0.2, -0.15) is 0 Å². The number of rotatable bonds is 0. The van der Waals surface area contributed by atoms with Crippen molar-refractivity contribution >= 4 is 17.9 Å². The number of pyridine rings is 1. The monoisotopic (exact) mass is 169 g/mol. The first kappa shape index (κ1) is 8.01. The van der Waals surface area contributed by atoms with Gasteiger partial charge >= 0.3 is 0 Å². The molecule has 0 saturated heterocycles. The first-order chi connectivity index (χ1) is 4.88. The van der Waals surface area contributed by atoms with E-state index in [1.165, 1.54) is 0 Å². The summed E-state index contributed by atoms with van der Waals surface area (Å²) < 4.78 is 1.76. The molecule has 58 valence electrons. The molecule has 0 fully saturated rings. The van der Waals surface area contributed by atoms with E-state index >= 15 is 0 Å². The molecule has 0 unspecified atom stereocenters. The predicted molar refractivity (Wildman–Crippen MR) is 45.0 cm³/mol. The molecule has 0 saturated carbocycles. The standard InChI is InChI=1S/C7H7N3.ClH/c1-6-7-4-2-3-5-10(7)9-8-6;/h2-5H,1H3;1H. The van der Waals surface area contributed by atoms with Crippen molar-refractivity contribution in [2.75, 3.05) is 0 Å². The third kappa shape index (κ3) is 1.19. The van der Waals surface area contributed by atoms with Gasteiger partial charge in [-0.3, -0.25) is 0 Å². The summed E-state index contributed by atoms with van der Waals surface area (Å²) >= 11 is 0. The third-order valence-electron chi connectivity index (χ3n) is 1.50.